The lowest BCUT2D eigenvalue weighted by Gasteiger charge is -2.11. The lowest BCUT2D eigenvalue weighted by molar-refractivity contribution is 0.231. The molecule has 0 bridgehead atoms. The van der Waals surface area contributed by atoms with Crippen LogP contribution in [0.15, 0.2) is 11.6 Å². The molecule has 0 saturated carbocycles. The number of halogens is 1. The highest BCUT2D eigenvalue weighted by Crippen LogP contribution is 2.49. The van der Waals surface area contributed by atoms with Gasteiger partial charge >= 0.3 is 7.60 Å². The third-order valence-corrected chi connectivity index (χ3v) is 3.45. The van der Waals surface area contributed by atoms with Crippen LogP contribution >= 0.6 is 23.5 Å². The lowest BCUT2D eigenvalue weighted by atomic mass is 10.6. The zero-order valence-corrected chi connectivity index (χ0v) is 10.4. The van der Waals surface area contributed by atoms with Gasteiger partial charge in [-0.15, -0.1) is 0 Å². The summed E-state index contributed by atoms with van der Waals surface area (Å²) in [5.41, 5.74) is 0. The average Bonchev–Trinajstić information content (AvgIpc) is 2.17. The largest absolute Gasteiger partial charge is 0.497 e. The SMILES string of the molecule is CCOC(=CP(=O)(OC)OC)CBr. The maximum Gasteiger partial charge on any atom is 0.357 e. The number of hydrogen-bond acceptors (Lipinski definition) is 4. The van der Waals surface area contributed by atoms with Crippen LogP contribution in [0.1, 0.15) is 6.92 Å². The van der Waals surface area contributed by atoms with Crippen LogP contribution in [0.25, 0.3) is 0 Å². The maximum absolute atomic E-state index is 11.6. The van der Waals surface area contributed by atoms with Crippen molar-refractivity contribution in [2.45, 2.75) is 6.92 Å². The molecule has 78 valence electrons. The van der Waals surface area contributed by atoms with Crippen molar-refractivity contribution in [3.05, 3.63) is 11.6 Å². The summed E-state index contributed by atoms with van der Waals surface area (Å²) in [6.07, 6.45) is 0. The predicted octanol–water partition coefficient (Wildman–Crippen LogP) is 2.75. The summed E-state index contributed by atoms with van der Waals surface area (Å²) in [5, 5.41) is 0.484. The van der Waals surface area contributed by atoms with Crippen LogP contribution < -0.4 is 0 Å². The minimum absolute atomic E-state index is 0.484. The van der Waals surface area contributed by atoms with Gasteiger partial charge in [-0.1, -0.05) is 15.9 Å². The molecule has 0 unspecified atom stereocenters. The maximum atomic E-state index is 11.6. The molecule has 0 atom stereocenters. The molecule has 0 aromatic carbocycles. The van der Waals surface area contributed by atoms with Crippen LogP contribution in [-0.4, -0.2) is 26.2 Å². The fourth-order valence-electron chi connectivity index (χ4n) is 0.652. The highest BCUT2D eigenvalue weighted by Gasteiger charge is 2.18. The fourth-order valence-corrected chi connectivity index (χ4v) is 2.10. The van der Waals surface area contributed by atoms with E-state index in [-0.39, 0.29) is 0 Å². The molecule has 0 N–H and O–H groups in total. The number of hydrogen-bond donors (Lipinski definition) is 0. The summed E-state index contributed by atoms with van der Waals surface area (Å²) >= 11 is 3.20. The van der Waals surface area contributed by atoms with Gasteiger partial charge in [0.1, 0.15) is 5.76 Å². The monoisotopic (exact) mass is 272 g/mol. The van der Waals surface area contributed by atoms with Crippen molar-refractivity contribution < 1.29 is 18.3 Å². The van der Waals surface area contributed by atoms with Crippen molar-refractivity contribution in [2.75, 3.05) is 26.2 Å². The van der Waals surface area contributed by atoms with Gasteiger partial charge in [0.25, 0.3) is 0 Å². The second kappa shape index (κ2) is 6.60. The molecule has 4 nitrogen and oxygen atoms in total. The van der Waals surface area contributed by atoms with Crippen molar-refractivity contribution >= 4 is 23.5 Å². The molecule has 0 saturated heterocycles. The molecule has 0 heterocycles. The van der Waals surface area contributed by atoms with Crippen molar-refractivity contribution in [3.63, 3.8) is 0 Å². The third kappa shape index (κ3) is 4.81. The normalized spacial score (nSPS) is 13.1. The van der Waals surface area contributed by atoms with Crippen molar-refractivity contribution in [1.82, 2.24) is 0 Å². The Labute approximate surface area is 86.9 Å². The molecule has 0 fully saturated rings. The molecule has 0 aliphatic rings. The molecular weight excluding hydrogens is 259 g/mol. The minimum Gasteiger partial charge on any atom is -0.497 e. The number of rotatable bonds is 6. The van der Waals surface area contributed by atoms with E-state index in [0.29, 0.717) is 17.7 Å². The molecule has 0 aromatic rings. The Balaban J connectivity index is 4.54. The number of alkyl halides is 1. The van der Waals surface area contributed by atoms with Crippen LogP contribution in [0.5, 0.6) is 0 Å². The van der Waals surface area contributed by atoms with Crippen LogP contribution in [0.4, 0.5) is 0 Å². The van der Waals surface area contributed by atoms with Crippen LogP contribution in [0.2, 0.25) is 0 Å². The zero-order valence-electron chi connectivity index (χ0n) is 7.95. The van der Waals surface area contributed by atoms with Gasteiger partial charge in [0.05, 0.1) is 17.8 Å². The van der Waals surface area contributed by atoms with Crippen LogP contribution in [0.3, 0.4) is 0 Å². The standard InChI is InChI=1S/C7H14BrO4P/c1-4-12-7(5-8)6-13(9,10-2)11-3/h6H,4-5H2,1-3H3. The van der Waals surface area contributed by atoms with E-state index in [2.05, 4.69) is 15.9 Å². The van der Waals surface area contributed by atoms with Gasteiger partial charge in [-0.25, -0.2) is 0 Å². The highest BCUT2D eigenvalue weighted by molar-refractivity contribution is 9.09. The molecule has 6 heteroatoms. The number of ether oxygens (including phenoxy) is 1. The van der Waals surface area contributed by atoms with E-state index in [4.69, 9.17) is 13.8 Å². The Kier molecular flexibility index (Phi) is 6.68. The Bertz CT molecular complexity index is 209. The highest BCUT2D eigenvalue weighted by atomic mass is 79.9. The average molecular weight is 273 g/mol. The van der Waals surface area contributed by atoms with E-state index in [1.54, 1.807) is 0 Å². The molecule has 0 aliphatic carbocycles. The zero-order chi connectivity index (χ0) is 10.3. The molecule has 0 amide bonds. The van der Waals surface area contributed by atoms with E-state index >= 15 is 0 Å². The summed E-state index contributed by atoms with van der Waals surface area (Å²) in [4.78, 5) is 0. The quantitative estimate of drug-likeness (QED) is 0.424. The molecule has 0 spiro atoms. The van der Waals surface area contributed by atoms with Crippen molar-refractivity contribution in [3.8, 4) is 0 Å². The molecule has 0 aromatic heterocycles. The van der Waals surface area contributed by atoms with E-state index in [9.17, 15) is 4.57 Å². The number of allylic oxidation sites excluding steroid dienone is 1. The first-order valence-corrected chi connectivity index (χ1v) is 6.47. The molecule has 0 radical (unpaired) electrons. The molecular formula is C7H14BrO4P. The predicted molar refractivity (Wildman–Crippen MR) is 55.1 cm³/mol. The molecule has 0 aliphatic heterocycles. The van der Waals surface area contributed by atoms with Crippen molar-refractivity contribution in [2.24, 2.45) is 0 Å². The summed E-state index contributed by atoms with van der Waals surface area (Å²) in [6, 6.07) is 0. The molecule has 13 heavy (non-hydrogen) atoms. The second-order valence-corrected chi connectivity index (χ2v) is 4.70. The van der Waals surface area contributed by atoms with E-state index in [0.717, 1.165) is 0 Å². The van der Waals surface area contributed by atoms with Gasteiger partial charge in [-0.05, 0) is 6.92 Å². The van der Waals surface area contributed by atoms with E-state index in [1.807, 2.05) is 6.92 Å². The summed E-state index contributed by atoms with van der Waals surface area (Å²) < 4.78 is 26.2. The van der Waals surface area contributed by atoms with Gasteiger partial charge in [-0.2, -0.15) is 0 Å². The van der Waals surface area contributed by atoms with Gasteiger partial charge in [-0.3, -0.25) is 4.57 Å². The first kappa shape index (κ1) is 13.2. The summed E-state index contributed by atoms with van der Waals surface area (Å²) in [7, 11) is -0.437. The Morgan fingerprint density at radius 2 is 2.00 bits per heavy atom. The van der Waals surface area contributed by atoms with E-state index < -0.39 is 7.60 Å². The van der Waals surface area contributed by atoms with Gasteiger partial charge in [0.2, 0.25) is 0 Å². The fraction of sp³-hybridized carbons (Fsp3) is 0.714. The topological polar surface area (TPSA) is 44.8 Å². The summed E-state index contributed by atoms with van der Waals surface area (Å²) in [5.74, 6) is 1.92. The van der Waals surface area contributed by atoms with Gasteiger partial charge < -0.3 is 13.8 Å². The first-order valence-electron chi connectivity index (χ1n) is 3.73. The minimum atomic E-state index is -3.10. The lowest BCUT2D eigenvalue weighted by Crippen LogP contribution is -1.94. The van der Waals surface area contributed by atoms with E-state index in [1.165, 1.54) is 20.0 Å². The smallest absolute Gasteiger partial charge is 0.357 e. The Hall–Kier alpha value is 0.170. The molecule has 0 rings (SSSR count). The first-order chi connectivity index (χ1) is 6.11. The van der Waals surface area contributed by atoms with Crippen LogP contribution in [0, 0.1) is 0 Å². The van der Waals surface area contributed by atoms with Crippen molar-refractivity contribution in [1.29, 1.82) is 0 Å². The van der Waals surface area contributed by atoms with Gasteiger partial charge in [0.15, 0.2) is 0 Å². The Morgan fingerprint density at radius 3 is 2.31 bits per heavy atom. The second-order valence-electron chi connectivity index (χ2n) is 2.07. The third-order valence-electron chi connectivity index (χ3n) is 1.27. The Morgan fingerprint density at radius 1 is 1.46 bits per heavy atom. The van der Waals surface area contributed by atoms with Gasteiger partial charge in [0, 0.05) is 14.2 Å². The van der Waals surface area contributed by atoms with Crippen LogP contribution in [-0.2, 0) is 18.3 Å². The summed E-state index contributed by atoms with van der Waals surface area (Å²) in [6.45, 7) is 2.37.